The zero-order valence-electron chi connectivity index (χ0n) is 19.1. The first-order valence-electron chi connectivity index (χ1n) is 11.2. The average Bonchev–Trinajstić information content (AvgIpc) is 3.30. The molecule has 1 atom stereocenters. The fourth-order valence-electron chi connectivity index (χ4n) is 3.45. The number of carbonyl (C=O) groups excluding carboxylic acids is 1. The summed E-state index contributed by atoms with van der Waals surface area (Å²) >= 11 is 1.63. The summed E-state index contributed by atoms with van der Waals surface area (Å²) in [6, 6.07) is 9.86. The Hall–Kier alpha value is -2.12. The number of carbonyl (C=O) groups is 1. The summed E-state index contributed by atoms with van der Waals surface area (Å²) in [6.45, 7) is 8.83. The highest BCUT2D eigenvalue weighted by Gasteiger charge is 2.17. The molecule has 2 heterocycles. The van der Waals surface area contributed by atoms with Gasteiger partial charge in [-0.2, -0.15) is 0 Å². The van der Waals surface area contributed by atoms with E-state index in [4.69, 9.17) is 14.7 Å². The minimum Gasteiger partial charge on any atom is -0.376 e. The predicted octanol–water partition coefficient (Wildman–Crippen LogP) is 4.65. The fourth-order valence-corrected chi connectivity index (χ4v) is 4.27. The number of hydrogen-bond donors (Lipinski definition) is 1. The molecule has 1 N–H and O–H groups in total. The van der Waals surface area contributed by atoms with Gasteiger partial charge in [0.15, 0.2) is 5.16 Å². The number of nitrogens with one attached hydrogen (secondary N) is 1. The van der Waals surface area contributed by atoms with Crippen molar-refractivity contribution < 1.29 is 9.53 Å². The van der Waals surface area contributed by atoms with Crippen molar-refractivity contribution in [1.82, 2.24) is 15.3 Å². The van der Waals surface area contributed by atoms with Crippen molar-refractivity contribution >= 4 is 23.5 Å². The second kappa shape index (κ2) is 11.5. The largest absolute Gasteiger partial charge is 0.376 e. The first-order valence-corrected chi connectivity index (χ1v) is 12.2. The lowest BCUT2D eigenvalue weighted by Gasteiger charge is -2.19. The molecular formula is C24H34N4O2S. The predicted molar refractivity (Wildman–Crippen MR) is 127 cm³/mol. The third-order valence-electron chi connectivity index (χ3n) is 5.35. The van der Waals surface area contributed by atoms with E-state index in [2.05, 4.69) is 44.1 Å². The van der Waals surface area contributed by atoms with Gasteiger partial charge in [0, 0.05) is 49.8 Å². The molecule has 1 aliphatic rings. The average molecular weight is 443 g/mol. The monoisotopic (exact) mass is 442 g/mol. The van der Waals surface area contributed by atoms with Crippen LogP contribution in [0.1, 0.15) is 67.6 Å². The summed E-state index contributed by atoms with van der Waals surface area (Å²) in [5, 5.41) is 3.76. The van der Waals surface area contributed by atoms with Crippen molar-refractivity contribution in [1.29, 1.82) is 0 Å². The Kier molecular flexibility index (Phi) is 8.72. The number of ether oxygens (including phenoxy) is 1. The van der Waals surface area contributed by atoms with Gasteiger partial charge in [0.05, 0.1) is 6.10 Å². The molecule has 31 heavy (non-hydrogen) atoms. The van der Waals surface area contributed by atoms with Gasteiger partial charge in [0.1, 0.15) is 5.82 Å². The van der Waals surface area contributed by atoms with Crippen molar-refractivity contribution in [2.24, 2.45) is 0 Å². The van der Waals surface area contributed by atoms with E-state index >= 15 is 0 Å². The molecule has 0 aliphatic carbocycles. The second-order valence-corrected chi connectivity index (χ2v) is 9.28. The first-order chi connectivity index (χ1) is 15.0. The number of benzene rings is 1. The van der Waals surface area contributed by atoms with Crippen LogP contribution in [-0.2, 0) is 10.5 Å². The van der Waals surface area contributed by atoms with Crippen LogP contribution in [0.25, 0.3) is 0 Å². The lowest BCUT2D eigenvalue weighted by Crippen LogP contribution is -2.31. The molecule has 1 aromatic carbocycles. The number of anilines is 1. The SMILES string of the molecule is CCCN(C)c1cc(C(C)C)nc(SCc2ccc(C(=O)NCC3CCCO3)cc2)n1. The van der Waals surface area contributed by atoms with Crippen LogP contribution in [0.5, 0.6) is 0 Å². The Morgan fingerprint density at radius 2 is 2.06 bits per heavy atom. The van der Waals surface area contributed by atoms with Crippen LogP contribution in [-0.4, -0.2) is 48.7 Å². The highest BCUT2D eigenvalue weighted by Crippen LogP contribution is 2.25. The van der Waals surface area contributed by atoms with Crippen LogP contribution in [0.2, 0.25) is 0 Å². The lowest BCUT2D eigenvalue weighted by atomic mass is 10.1. The zero-order chi connectivity index (χ0) is 22.2. The Labute approximate surface area is 190 Å². The van der Waals surface area contributed by atoms with Crippen LogP contribution in [0.3, 0.4) is 0 Å². The van der Waals surface area contributed by atoms with E-state index in [0.717, 1.165) is 60.4 Å². The van der Waals surface area contributed by atoms with Gasteiger partial charge in [-0.3, -0.25) is 4.79 Å². The maximum atomic E-state index is 12.4. The van der Waals surface area contributed by atoms with Crippen molar-refractivity contribution in [3.05, 3.63) is 47.2 Å². The minimum atomic E-state index is -0.0497. The highest BCUT2D eigenvalue weighted by atomic mass is 32.2. The first kappa shape index (κ1) is 23.5. The van der Waals surface area contributed by atoms with E-state index in [0.29, 0.717) is 18.0 Å². The minimum absolute atomic E-state index is 0.0497. The van der Waals surface area contributed by atoms with Gasteiger partial charge >= 0.3 is 0 Å². The molecule has 0 radical (unpaired) electrons. The number of aromatic nitrogens is 2. The standard InChI is InChI=1S/C24H34N4O2S/c1-5-12-28(4)22-14-21(17(2)3)26-24(27-22)31-16-18-8-10-19(11-9-18)23(29)25-15-20-7-6-13-30-20/h8-11,14,17,20H,5-7,12-13,15-16H2,1-4H3,(H,25,29). The van der Waals surface area contributed by atoms with Crippen LogP contribution >= 0.6 is 11.8 Å². The van der Waals surface area contributed by atoms with Crippen molar-refractivity contribution in [3.63, 3.8) is 0 Å². The van der Waals surface area contributed by atoms with E-state index in [9.17, 15) is 4.79 Å². The Balaban J connectivity index is 1.59. The molecule has 1 fully saturated rings. The van der Waals surface area contributed by atoms with Crippen LogP contribution in [0, 0.1) is 0 Å². The zero-order valence-corrected chi connectivity index (χ0v) is 19.9. The van der Waals surface area contributed by atoms with Gasteiger partial charge in [-0.1, -0.05) is 44.7 Å². The van der Waals surface area contributed by atoms with E-state index < -0.39 is 0 Å². The molecule has 168 valence electrons. The second-order valence-electron chi connectivity index (χ2n) is 8.34. The molecule has 1 aliphatic heterocycles. The van der Waals surface area contributed by atoms with Crippen LogP contribution in [0.4, 0.5) is 5.82 Å². The van der Waals surface area contributed by atoms with Gasteiger partial charge in [0.25, 0.3) is 5.91 Å². The van der Waals surface area contributed by atoms with Crippen molar-refractivity contribution in [3.8, 4) is 0 Å². The number of amides is 1. The third kappa shape index (κ3) is 6.94. The molecule has 7 heteroatoms. The van der Waals surface area contributed by atoms with Gasteiger partial charge in [0.2, 0.25) is 0 Å². The smallest absolute Gasteiger partial charge is 0.251 e. The van der Waals surface area contributed by atoms with E-state index in [-0.39, 0.29) is 12.0 Å². The Morgan fingerprint density at radius 1 is 1.29 bits per heavy atom. The normalized spacial score (nSPS) is 16.0. The number of hydrogen-bond acceptors (Lipinski definition) is 6. The van der Waals surface area contributed by atoms with E-state index in [1.807, 2.05) is 24.3 Å². The quantitative estimate of drug-likeness (QED) is 0.427. The molecule has 1 unspecified atom stereocenters. The molecule has 0 spiro atoms. The van der Waals surface area contributed by atoms with Crippen molar-refractivity contribution in [2.45, 2.75) is 63.0 Å². The molecular weight excluding hydrogens is 408 g/mol. The Morgan fingerprint density at radius 3 is 2.71 bits per heavy atom. The van der Waals surface area contributed by atoms with Gasteiger partial charge < -0.3 is 15.0 Å². The Bertz CT molecular complexity index is 851. The number of rotatable bonds is 10. The van der Waals surface area contributed by atoms with Gasteiger partial charge in [-0.05, 0) is 42.9 Å². The number of nitrogens with zero attached hydrogens (tertiary/aromatic N) is 3. The molecule has 6 nitrogen and oxygen atoms in total. The molecule has 3 rings (SSSR count). The summed E-state index contributed by atoms with van der Waals surface area (Å²) in [5.74, 6) is 2.03. The van der Waals surface area contributed by atoms with E-state index in [1.165, 1.54) is 0 Å². The number of thioether (sulfide) groups is 1. The molecule has 1 saturated heterocycles. The molecule has 1 aromatic heterocycles. The highest BCUT2D eigenvalue weighted by molar-refractivity contribution is 7.98. The summed E-state index contributed by atoms with van der Waals surface area (Å²) in [7, 11) is 2.08. The molecule has 1 amide bonds. The van der Waals surface area contributed by atoms with Crippen LogP contribution in [0.15, 0.2) is 35.5 Å². The maximum absolute atomic E-state index is 12.4. The van der Waals surface area contributed by atoms with Crippen LogP contribution < -0.4 is 10.2 Å². The molecule has 0 saturated carbocycles. The fraction of sp³-hybridized carbons (Fsp3) is 0.542. The van der Waals surface area contributed by atoms with Crippen molar-refractivity contribution in [2.75, 3.05) is 31.6 Å². The molecule has 2 aromatic rings. The molecule has 0 bridgehead atoms. The topological polar surface area (TPSA) is 67.4 Å². The summed E-state index contributed by atoms with van der Waals surface area (Å²) in [6.07, 6.45) is 3.33. The van der Waals surface area contributed by atoms with Gasteiger partial charge in [-0.15, -0.1) is 0 Å². The van der Waals surface area contributed by atoms with Gasteiger partial charge in [-0.25, -0.2) is 9.97 Å². The van der Waals surface area contributed by atoms with E-state index in [1.54, 1.807) is 11.8 Å². The maximum Gasteiger partial charge on any atom is 0.251 e. The third-order valence-corrected chi connectivity index (χ3v) is 6.27. The summed E-state index contributed by atoms with van der Waals surface area (Å²) < 4.78 is 5.56. The summed E-state index contributed by atoms with van der Waals surface area (Å²) in [5.41, 5.74) is 2.88. The lowest BCUT2D eigenvalue weighted by molar-refractivity contribution is 0.0858. The summed E-state index contributed by atoms with van der Waals surface area (Å²) in [4.78, 5) is 24.0.